The Kier molecular flexibility index (Phi) is 4.02. The lowest BCUT2D eigenvalue weighted by Crippen LogP contribution is -2.12. The molecule has 0 atom stereocenters. The summed E-state index contributed by atoms with van der Waals surface area (Å²) in [6.07, 6.45) is 3.41. The summed E-state index contributed by atoms with van der Waals surface area (Å²) >= 11 is 0. The predicted molar refractivity (Wildman–Crippen MR) is 73.5 cm³/mol. The van der Waals surface area contributed by atoms with Crippen LogP contribution in [-0.2, 0) is 4.79 Å². The molecule has 2 aromatic heterocycles. The zero-order chi connectivity index (χ0) is 13.7. The summed E-state index contributed by atoms with van der Waals surface area (Å²) in [6.45, 7) is 3.58. The van der Waals surface area contributed by atoms with E-state index in [-0.39, 0.29) is 12.3 Å². The summed E-state index contributed by atoms with van der Waals surface area (Å²) < 4.78 is 0. The van der Waals surface area contributed by atoms with Crippen molar-refractivity contribution in [2.75, 3.05) is 17.2 Å². The quantitative estimate of drug-likeness (QED) is 0.852. The van der Waals surface area contributed by atoms with Crippen LogP contribution in [0.15, 0.2) is 30.6 Å². The third-order valence-electron chi connectivity index (χ3n) is 2.29. The molecule has 6 heteroatoms. The van der Waals surface area contributed by atoms with Crippen LogP contribution in [0.4, 0.5) is 17.3 Å². The summed E-state index contributed by atoms with van der Waals surface area (Å²) in [5, 5.41) is 6.09. The summed E-state index contributed by atoms with van der Waals surface area (Å²) in [4.78, 5) is 23.5. The number of hydrogen-bond acceptors (Lipinski definition) is 6. The van der Waals surface area contributed by atoms with Crippen LogP contribution in [0.5, 0.6) is 0 Å². The SMILES string of the molecule is CC(=O)CNc1cc(Nc2cccnc2)nc(C)n1. The first-order valence-corrected chi connectivity index (χ1v) is 5.89. The molecule has 2 rings (SSSR count). The van der Waals surface area contributed by atoms with Crippen molar-refractivity contribution in [2.24, 2.45) is 0 Å². The number of hydrogen-bond donors (Lipinski definition) is 2. The fraction of sp³-hybridized carbons (Fsp3) is 0.231. The molecule has 0 saturated heterocycles. The largest absolute Gasteiger partial charge is 0.363 e. The van der Waals surface area contributed by atoms with Gasteiger partial charge in [-0.25, -0.2) is 9.97 Å². The van der Waals surface area contributed by atoms with E-state index >= 15 is 0 Å². The molecule has 0 spiro atoms. The van der Waals surface area contributed by atoms with E-state index in [0.29, 0.717) is 17.5 Å². The molecule has 0 aliphatic heterocycles. The van der Waals surface area contributed by atoms with Gasteiger partial charge in [0.1, 0.15) is 23.2 Å². The van der Waals surface area contributed by atoms with Gasteiger partial charge in [0.15, 0.2) is 0 Å². The smallest absolute Gasteiger partial charge is 0.148 e. The fourth-order valence-corrected chi connectivity index (χ4v) is 1.52. The Labute approximate surface area is 111 Å². The van der Waals surface area contributed by atoms with Gasteiger partial charge in [-0.1, -0.05) is 0 Å². The maximum absolute atomic E-state index is 10.9. The topological polar surface area (TPSA) is 79.8 Å². The number of nitrogens with zero attached hydrogens (tertiary/aromatic N) is 3. The van der Waals surface area contributed by atoms with E-state index in [9.17, 15) is 4.79 Å². The lowest BCUT2D eigenvalue weighted by atomic mass is 10.4. The number of carbonyl (C=O) groups excluding carboxylic acids is 1. The Hall–Kier alpha value is -2.50. The summed E-state index contributed by atoms with van der Waals surface area (Å²) in [5.74, 6) is 1.96. The first-order chi connectivity index (χ1) is 9.13. The van der Waals surface area contributed by atoms with Gasteiger partial charge in [-0.2, -0.15) is 0 Å². The monoisotopic (exact) mass is 257 g/mol. The van der Waals surface area contributed by atoms with Crippen LogP contribution in [0.2, 0.25) is 0 Å². The second-order valence-corrected chi connectivity index (χ2v) is 4.11. The third kappa shape index (κ3) is 4.02. The molecule has 6 nitrogen and oxygen atoms in total. The van der Waals surface area contributed by atoms with E-state index in [0.717, 1.165) is 5.69 Å². The second kappa shape index (κ2) is 5.90. The number of aryl methyl sites for hydroxylation is 1. The normalized spacial score (nSPS) is 10.0. The zero-order valence-electron chi connectivity index (χ0n) is 10.8. The Morgan fingerprint density at radius 1 is 1.32 bits per heavy atom. The highest BCUT2D eigenvalue weighted by molar-refractivity contribution is 5.80. The number of aromatic nitrogens is 3. The first-order valence-electron chi connectivity index (χ1n) is 5.89. The molecule has 98 valence electrons. The highest BCUT2D eigenvalue weighted by Crippen LogP contribution is 2.16. The fourth-order valence-electron chi connectivity index (χ4n) is 1.52. The minimum absolute atomic E-state index is 0.0537. The molecule has 2 N–H and O–H groups in total. The van der Waals surface area contributed by atoms with Crippen LogP contribution >= 0.6 is 0 Å². The van der Waals surface area contributed by atoms with E-state index in [4.69, 9.17) is 0 Å². The molecule has 2 aromatic rings. The molecule has 0 aliphatic rings. The Morgan fingerprint density at radius 2 is 2.11 bits per heavy atom. The molecule has 0 radical (unpaired) electrons. The van der Waals surface area contributed by atoms with Crippen LogP contribution in [0, 0.1) is 6.92 Å². The molecule has 0 saturated carbocycles. The van der Waals surface area contributed by atoms with Gasteiger partial charge in [0.25, 0.3) is 0 Å². The van der Waals surface area contributed by atoms with Crippen LogP contribution < -0.4 is 10.6 Å². The predicted octanol–water partition coefficient (Wildman–Crippen LogP) is 1.92. The van der Waals surface area contributed by atoms with Gasteiger partial charge in [0, 0.05) is 12.3 Å². The van der Waals surface area contributed by atoms with Crippen molar-refractivity contribution in [3.63, 3.8) is 0 Å². The molecule has 0 bridgehead atoms. The van der Waals surface area contributed by atoms with Crippen LogP contribution in [-0.4, -0.2) is 27.3 Å². The maximum Gasteiger partial charge on any atom is 0.148 e. The average Bonchev–Trinajstić information content (AvgIpc) is 2.37. The van der Waals surface area contributed by atoms with E-state index in [1.54, 1.807) is 25.4 Å². The molecular formula is C13H15N5O. The molecule has 0 amide bonds. The molecule has 19 heavy (non-hydrogen) atoms. The van der Waals surface area contributed by atoms with Crippen molar-refractivity contribution < 1.29 is 4.79 Å². The van der Waals surface area contributed by atoms with Crippen molar-refractivity contribution in [1.82, 2.24) is 15.0 Å². The van der Waals surface area contributed by atoms with Gasteiger partial charge < -0.3 is 10.6 Å². The standard InChI is InChI=1S/C13H15N5O/c1-9(19)7-15-12-6-13(17-10(2)16-12)18-11-4-3-5-14-8-11/h3-6,8H,7H2,1-2H3,(H2,15,16,17,18). The summed E-state index contributed by atoms with van der Waals surface area (Å²) in [6, 6.07) is 5.49. The second-order valence-electron chi connectivity index (χ2n) is 4.11. The zero-order valence-corrected chi connectivity index (χ0v) is 10.8. The minimum Gasteiger partial charge on any atom is -0.363 e. The highest BCUT2D eigenvalue weighted by atomic mass is 16.1. The van der Waals surface area contributed by atoms with Crippen LogP contribution in [0.1, 0.15) is 12.7 Å². The van der Waals surface area contributed by atoms with Crippen molar-refractivity contribution in [2.45, 2.75) is 13.8 Å². The Balaban J connectivity index is 2.14. The number of anilines is 3. The minimum atomic E-state index is 0.0537. The summed E-state index contributed by atoms with van der Waals surface area (Å²) in [5.41, 5.74) is 0.845. The van der Waals surface area contributed by atoms with E-state index < -0.39 is 0 Å². The van der Waals surface area contributed by atoms with Gasteiger partial charge in [-0.15, -0.1) is 0 Å². The number of ketones is 1. The number of Topliss-reactive ketones (excluding diaryl/α,β-unsaturated/α-hetero) is 1. The lowest BCUT2D eigenvalue weighted by Gasteiger charge is -2.09. The summed E-state index contributed by atoms with van der Waals surface area (Å²) in [7, 11) is 0. The first kappa shape index (κ1) is 12.9. The van der Waals surface area contributed by atoms with Crippen molar-refractivity contribution >= 4 is 23.1 Å². The van der Waals surface area contributed by atoms with E-state index in [1.807, 2.05) is 12.1 Å². The molecule has 0 unspecified atom stereocenters. The Bertz CT molecular complexity index is 571. The van der Waals surface area contributed by atoms with E-state index in [1.165, 1.54) is 6.92 Å². The van der Waals surface area contributed by atoms with E-state index in [2.05, 4.69) is 25.6 Å². The number of carbonyl (C=O) groups is 1. The molecule has 0 fully saturated rings. The number of nitrogens with one attached hydrogen (secondary N) is 2. The third-order valence-corrected chi connectivity index (χ3v) is 2.29. The van der Waals surface area contributed by atoms with Crippen molar-refractivity contribution in [3.8, 4) is 0 Å². The maximum atomic E-state index is 10.9. The number of pyridine rings is 1. The number of rotatable bonds is 5. The van der Waals surface area contributed by atoms with Gasteiger partial charge in [0.05, 0.1) is 18.4 Å². The van der Waals surface area contributed by atoms with Crippen LogP contribution in [0.25, 0.3) is 0 Å². The lowest BCUT2D eigenvalue weighted by molar-refractivity contribution is -0.115. The van der Waals surface area contributed by atoms with Crippen LogP contribution in [0.3, 0.4) is 0 Å². The molecular weight excluding hydrogens is 242 g/mol. The molecule has 2 heterocycles. The van der Waals surface area contributed by atoms with Gasteiger partial charge >= 0.3 is 0 Å². The molecule has 0 aromatic carbocycles. The van der Waals surface area contributed by atoms with Gasteiger partial charge in [-0.3, -0.25) is 9.78 Å². The highest BCUT2D eigenvalue weighted by Gasteiger charge is 2.03. The average molecular weight is 257 g/mol. The molecule has 0 aliphatic carbocycles. The van der Waals surface area contributed by atoms with Gasteiger partial charge in [0.2, 0.25) is 0 Å². The van der Waals surface area contributed by atoms with Crippen molar-refractivity contribution in [1.29, 1.82) is 0 Å². The van der Waals surface area contributed by atoms with Crippen molar-refractivity contribution in [3.05, 3.63) is 36.4 Å². The van der Waals surface area contributed by atoms with Gasteiger partial charge in [-0.05, 0) is 26.0 Å². The Morgan fingerprint density at radius 3 is 2.79 bits per heavy atom.